The third-order valence-electron chi connectivity index (χ3n) is 0.0667. The fourth-order valence-electron chi connectivity index (χ4n) is 0. The van der Waals surface area contributed by atoms with Crippen LogP contribution in [0.25, 0.3) is 0 Å². The van der Waals surface area contributed by atoms with Crippen LogP contribution in [-0.4, -0.2) is 36.5 Å². The van der Waals surface area contributed by atoms with Gasteiger partial charge in [-0.2, -0.15) is 0 Å². The van der Waals surface area contributed by atoms with Gasteiger partial charge in [0.05, 0.1) is 0 Å². The molecule has 0 aromatic carbocycles. The largest absolute Gasteiger partial charge is 1.00 e. The van der Waals surface area contributed by atoms with Gasteiger partial charge in [0.25, 0.3) is 0 Å². The zero-order chi connectivity index (χ0) is 4.28. The van der Waals surface area contributed by atoms with Gasteiger partial charge in [-0.15, -0.1) is 15.1 Å². The molecule has 0 aliphatic carbocycles. The molecule has 0 bridgehead atoms. The maximum Gasteiger partial charge on any atom is 1.00 e. The van der Waals surface area contributed by atoms with Gasteiger partial charge >= 0.3 is 82.7 Å². The summed E-state index contributed by atoms with van der Waals surface area (Å²) < 4.78 is 0. The van der Waals surface area contributed by atoms with Gasteiger partial charge < -0.3 is 1.43 Å². The molecular weight excluding hydrogens is 326 g/mol. The van der Waals surface area contributed by atoms with Crippen molar-refractivity contribution in [1.29, 1.82) is 0 Å². The molecule has 1 N–H and O–H groups in total. The van der Waals surface area contributed by atoms with Crippen molar-refractivity contribution >= 4 is 26.2 Å². The maximum absolute atomic E-state index is 8.70. The van der Waals surface area contributed by atoms with Gasteiger partial charge in [0.15, 0.2) is 0 Å². The molecule has 0 amide bonds. The van der Waals surface area contributed by atoms with E-state index < -0.39 is 5.09 Å². The smallest absolute Gasteiger partial charge is 1.00 e. The van der Waals surface area contributed by atoms with Gasteiger partial charge in [-0.25, -0.2) is 5.26 Å². The van der Waals surface area contributed by atoms with Crippen molar-refractivity contribution in [2.45, 2.75) is 0 Å². The molecule has 0 aromatic heterocycles. The van der Waals surface area contributed by atoms with Gasteiger partial charge in [0.2, 0.25) is 0 Å². The van der Waals surface area contributed by atoms with E-state index in [-0.39, 0.29) is 79.0 Å². The number of nitrogens with zero attached hydrogens (tertiary/aromatic N) is 1. The van der Waals surface area contributed by atoms with E-state index in [0.29, 0.717) is 0 Å². The van der Waals surface area contributed by atoms with Gasteiger partial charge in [-0.1, -0.05) is 0 Å². The molecule has 0 saturated heterocycles. The molecule has 40 valence electrons. The van der Waals surface area contributed by atoms with Crippen molar-refractivity contribution < 1.29 is 68.1 Å². The molecule has 7 heteroatoms. The molecule has 0 atom stereocenters. The Kier molecular flexibility index (Phi) is 24.1. The second-order valence-electron chi connectivity index (χ2n) is 0.305. The summed E-state index contributed by atoms with van der Waals surface area (Å²) >= 11 is 0. The molecule has 0 unspecified atom stereocenters. The van der Waals surface area contributed by atoms with Crippen molar-refractivity contribution in [2.24, 2.45) is 0 Å². The van der Waals surface area contributed by atoms with E-state index in [1.54, 1.807) is 0 Å². The fourth-order valence-corrected chi connectivity index (χ4v) is 0. The molecule has 0 fully saturated rings. The predicted octanol–water partition coefficient (Wildman–Crippen LogP) is -4.40. The van der Waals surface area contributed by atoms with Gasteiger partial charge in [-0.3, -0.25) is 0 Å². The van der Waals surface area contributed by atoms with E-state index in [4.69, 9.17) is 15.4 Å². The third kappa shape index (κ3) is 18.3. The first-order valence-corrected chi connectivity index (χ1v) is 0.730. The normalized spacial score (nSPS) is 4.71. The van der Waals surface area contributed by atoms with E-state index in [0.717, 1.165) is 0 Å². The van der Waals surface area contributed by atoms with Crippen LogP contribution in [0.1, 0.15) is 1.43 Å². The maximum atomic E-state index is 8.70. The van der Waals surface area contributed by atoms with Crippen molar-refractivity contribution in [1.82, 2.24) is 0 Å². The van der Waals surface area contributed by atoms with Crippen LogP contribution in [0.3, 0.4) is 0 Å². The van der Waals surface area contributed by atoms with Crippen LogP contribution < -0.4 is 51.4 Å². The molecule has 0 radical (unpaired) electrons. The molecule has 0 aliphatic rings. The monoisotopic (exact) mass is 331 g/mol. The molecule has 0 aliphatic heterocycles. The Morgan fingerprint density at radius 2 is 2.00 bits per heavy atom. The van der Waals surface area contributed by atoms with Crippen LogP contribution in [0.15, 0.2) is 0 Å². The summed E-state index contributed by atoms with van der Waals surface area (Å²) in [6.07, 6.45) is 0. The minimum absolute atomic E-state index is 0. The average Bonchev–Trinajstić information content (AvgIpc) is 1.38. The van der Waals surface area contributed by atoms with Crippen molar-refractivity contribution in [2.75, 3.05) is 0 Å². The van der Waals surface area contributed by atoms with Gasteiger partial charge in [0, 0.05) is 0 Å². The standard InChI is InChI=1S/Bi.K.HNO4.4H/c;;2-1(3)5-4;;;;/h;;4H;;;;/q;+1;;;;;-1. The molecule has 0 saturated carbocycles. The van der Waals surface area contributed by atoms with Crippen molar-refractivity contribution in [3.05, 3.63) is 10.1 Å². The summed E-state index contributed by atoms with van der Waals surface area (Å²) in [6, 6.07) is 0. The van der Waals surface area contributed by atoms with Crippen LogP contribution in [0.4, 0.5) is 0 Å². The SMILES string of the molecule is O=[N+]([O-])OO.[BiH3].[H-].[K+]. The van der Waals surface area contributed by atoms with E-state index in [1.165, 1.54) is 0 Å². The minimum atomic E-state index is -1.32. The third-order valence-corrected chi connectivity index (χ3v) is 0.0667. The molecule has 0 heterocycles. The van der Waals surface area contributed by atoms with E-state index >= 15 is 0 Å². The van der Waals surface area contributed by atoms with Crippen molar-refractivity contribution in [3.63, 3.8) is 0 Å². The number of hydrogen-bond acceptors (Lipinski definition) is 4. The second-order valence-corrected chi connectivity index (χ2v) is 0.305. The Hall–Kier alpha value is 1.68. The topological polar surface area (TPSA) is 72.6 Å². The van der Waals surface area contributed by atoms with E-state index in [1.807, 2.05) is 0 Å². The molecular formula is H5BiKNO4. The van der Waals surface area contributed by atoms with Gasteiger partial charge in [0.1, 0.15) is 0 Å². The summed E-state index contributed by atoms with van der Waals surface area (Å²) in [5.74, 6) is 0. The Morgan fingerprint density at radius 3 is 2.00 bits per heavy atom. The second kappa shape index (κ2) is 10.6. The zero-order valence-electron chi connectivity index (χ0n) is 4.83. The summed E-state index contributed by atoms with van der Waals surface area (Å²) in [7, 11) is 0. The van der Waals surface area contributed by atoms with Crippen LogP contribution in [0.2, 0.25) is 0 Å². The van der Waals surface area contributed by atoms with E-state index in [9.17, 15) is 0 Å². The summed E-state index contributed by atoms with van der Waals surface area (Å²) in [6.45, 7) is 0. The number of hydrogen-bond donors (Lipinski definition) is 1. The zero-order valence-corrected chi connectivity index (χ0v) is 12.4. The molecule has 0 spiro atoms. The Morgan fingerprint density at radius 1 is 1.86 bits per heavy atom. The van der Waals surface area contributed by atoms with Crippen LogP contribution in [0.5, 0.6) is 0 Å². The molecule has 0 rings (SSSR count). The summed E-state index contributed by atoms with van der Waals surface area (Å²) in [4.78, 5) is 11.2. The first-order chi connectivity index (χ1) is 2.27. The average molecular weight is 331 g/mol. The van der Waals surface area contributed by atoms with Gasteiger partial charge in [-0.05, 0) is 0 Å². The molecule has 0 aromatic rings. The van der Waals surface area contributed by atoms with E-state index in [2.05, 4.69) is 4.99 Å². The summed E-state index contributed by atoms with van der Waals surface area (Å²) in [5.41, 5.74) is 0. The van der Waals surface area contributed by atoms with Crippen LogP contribution >= 0.6 is 0 Å². The van der Waals surface area contributed by atoms with Crippen molar-refractivity contribution in [3.8, 4) is 0 Å². The number of rotatable bonds is 1. The molecule has 5 nitrogen and oxygen atoms in total. The fraction of sp³-hybridized carbons (Fsp3) is 0. The van der Waals surface area contributed by atoms with Crippen LogP contribution in [0, 0.1) is 10.1 Å². The Labute approximate surface area is 102 Å². The Bertz CT molecular complexity index is 51.3. The quantitative estimate of drug-likeness (QED) is 0.228. The first kappa shape index (κ1) is 15.9. The predicted molar refractivity (Wildman–Crippen MR) is 21.8 cm³/mol. The molecule has 7 heavy (non-hydrogen) atoms. The Balaban J connectivity index is -0.0000000267. The first-order valence-electron chi connectivity index (χ1n) is 0.730. The summed E-state index contributed by atoms with van der Waals surface area (Å²) in [5, 5.41) is 14.3. The van der Waals surface area contributed by atoms with Crippen LogP contribution in [-0.2, 0) is 4.99 Å². The minimum Gasteiger partial charge on any atom is -1.00 e.